The van der Waals surface area contributed by atoms with Crippen LogP contribution in [0.15, 0.2) is 0 Å². The van der Waals surface area contributed by atoms with Gasteiger partial charge in [0.2, 0.25) is 5.91 Å². The SMILES string of the molecule is CSC1CCCC1NC(=O)C1(C#N)CCCC1. The largest absolute Gasteiger partial charge is 0.351 e. The number of carbonyl (C=O) groups is 1. The van der Waals surface area contributed by atoms with Gasteiger partial charge in [-0.3, -0.25) is 4.79 Å². The summed E-state index contributed by atoms with van der Waals surface area (Å²) >= 11 is 1.83. The quantitative estimate of drug-likeness (QED) is 0.839. The molecule has 0 heterocycles. The van der Waals surface area contributed by atoms with Crippen LogP contribution >= 0.6 is 11.8 Å². The summed E-state index contributed by atoms with van der Waals surface area (Å²) in [6.07, 6.45) is 9.05. The lowest BCUT2D eigenvalue weighted by atomic mass is 9.86. The van der Waals surface area contributed by atoms with E-state index in [1.54, 1.807) is 0 Å². The molecule has 2 aliphatic rings. The molecule has 3 nitrogen and oxygen atoms in total. The van der Waals surface area contributed by atoms with Crippen LogP contribution < -0.4 is 5.32 Å². The van der Waals surface area contributed by atoms with E-state index in [0.29, 0.717) is 5.25 Å². The maximum absolute atomic E-state index is 12.3. The molecular weight excluding hydrogens is 232 g/mol. The Morgan fingerprint density at radius 3 is 2.65 bits per heavy atom. The fraction of sp³-hybridized carbons (Fsp3) is 0.846. The van der Waals surface area contributed by atoms with Crippen molar-refractivity contribution >= 4 is 17.7 Å². The molecule has 2 unspecified atom stereocenters. The second kappa shape index (κ2) is 5.30. The van der Waals surface area contributed by atoms with E-state index in [0.717, 1.165) is 32.1 Å². The zero-order valence-electron chi connectivity index (χ0n) is 10.4. The van der Waals surface area contributed by atoms with Gasteiger partial charge in [0.05, 0.1) is 6.07 Å². The number of rotatable bonds is 3. The highest BCUT2D eigenvalue weighted by molar-refractivity contribution is 7.99. The molecule has 2 fully saturated rings. The number of hydrogen-bond acceptors (Lipinski definition) is 3. The van der Waals surface area contributed by atoms with Gasteiger partial charge in [-0.1, -0.05) is 19.3 Å². The number of thioether (sulfide) groups is 1. The molecule has 1 amide bonds. The summed E-state index contributed by atoms with van der Waals surface area (Å²) in [6, 6.07) is 2.55. The van der Waals surface area contributed by atoms with Crippen molar-refractivity contribution in [3.63, 3.8) is 0 Å². The standard InChI is InChI=1S/C13H20N2OS/c1-17-11-6-4-5-10(11)15-12(16)13(9-14)7-2-3-8-13/h10-11H,2-8H2,1H3,(H,15,16). The fourth-order valence-electron chi connectivity index (χ4n) is 3.05. The first kappa shape index (κ1) is 12.8. The minimum absolute atomic E-state index is 0.0107. The van der Waals surface area contributed by atoms with Crippen LogP contribution in [0.3, 0.4) is 0 Å². The fourth-order valence-corrected chi connectivity index (χ4v) is 3.98. The number of hydrogen-bond donors (Lipinski definition) is 1. The van der Waals surface area contributed by atoms with Crippen LogP contribution in [0.5, 0.6) is 0 Å². The average molecular weight is 252 g/mol. The van der Waals surface area contributed by atoms with Gasteiger partial charge in [0, 0.05) is 11.3 Å². The van der Waals surface area contributed by atoms with Gasteiger partial charge in [0.25, 0.3) is 0 Å². The van der Waals surface area contributed by atoms with Gasteiger partial charge in [0.1, 0.15) is 5.41 Å². The molecule has 94 valence electrons. The third-order valence-electron chi connectivity index (χ3n) is 4.18. The first-order chi connectivity index (χ1) is 8.22. The van der Waals surface area contributed by atoms with Gasteiger partial charge in [0.15, 0.2) is 0 Å². The van der Waals surface area contributed by atoms with Gasteiger partial charge in [-0.2, -0.15) is 17.0 Å². The predicted octanol–water partition coefficient (Wildman–Crippen LogP) is 2.47. The predicted molar refractivity (Wildman–Crippen MR) is 69.6 cm³/mol. The highest BCUT2D eigenvalue weighted by atomic mass is 32.2. The van der Waals surface area contributed by atoms with Gasteiger partial charge in [-0.25, -0.2) is 0 Å². The van der Waals surface area contributed by atoms with E-state index in [4.69, 9.17) is 0 Å². The molecule has 2 atom stereocenters. The average Bonchev–Trinajstić information content (AvgIpc) is 2.97. The van der Waals surface area contributed by atoms with Gasteiger partial charge >= 0.3 is 0 Å². The van der Waals surface area contributed by atoms with Crippen LogP contribution in [-0.2, 0) is 4.79 Å². The number of nitrogens with one attached hydrogen (secondary N) is 1. The van der Waals surface area contributed by atoms with Crippen LogP contribution in [0.25, 0.3) is 0 Å². The van der Waals surface area contributed by atoms with E-state index in [1.165, 1.54) is 12.8 Å². The van der Waals surface area contributed by atoms with Crippen molar-refractivity contribution in [2.75, 3.05) is 6.26 Å². The zero-order valence-corrected chi connectivity index (χ0v) is 11.2. The third kappa shape index (κ3) is 2.44. The van der Waals surface area contributed by atoms with Gasteiger partial charge in [-0.15, -0.1) is 0 Å². The van der Waals surface area contributed by atoms with Gasteiger partial charge < -0.3 is 5.32 Å². The molecule has 2 aliphatic carbocycles. The lowest BCUT2D eigenvalue weighted by Crippen LogP contribution is -2.46. The maximum Gasteiger partial charge on any atom is 0.240 e. The van der Waals surface area contributed by atoms with Crippen LogP contribution in [0, 0.1) is 16.7 Å². The molecule has 0 saturated heterocycles. The topological polar surface area (TPSA) is 52.9 Å². The highest BCUT2D eigenvalue weighted by Crippen LogP contribution is 2.38. The first-order valence-corrected chi connectivity index (χ1v) is 7.76. The number of nitriles is 1. The molecule has 0 aromatic heterocycles. The summed E-state index contributed by atoms with van der Waals surface area (Å²) in [5.74, 6) is -0.0107. The lowest BCUT2D eigenvalue weighted by Gasteiger charge is -2.25. The van der Waals surface area contributed by atoms with Crippen LogP contribution in [-0.4, -0.2) is 23.5 Å². The molecule has 0 aliphatic heterocycles. The van der Waals surface area contributed by atoms with Crippen LogP contribution in [0.4, 0.5) is 0 Å². The minimum Gasteiger partial charge on any atom is -0.351 e. The molecular formula is C13H20N2OS. The van der Waals surface area contributed by atoms with E-state index in [1.807, 2.05) is 11.8 Å². The molecule has 0 aromatic rings. The molecule has 0 bridgehead atoms. The summed E-state index contributed by atoms with van der Waals surface area (Å²) in [7, 11) is 0. The summed E-state index contributed by atoms with van der Waals surface area (Å²) in [5, 5.41) is 12.9. The van der Waals surface area contributed by atoms with Crippen LogP contribution in [0.1, 0.15) is 44.9 Å². The van der Waals surface area contributed by atoms with Crippen molar-refractivity contribution in [1.29, 1.82) is 5.26 Å². The molecule has 1 N–H and O–H groups in total. The Labute approximate surface area is 107 Å². The molecule has 4 heteroatoms. The summed E-state index contributed by atoms with van der Waals surface area (Å²) in [6.45, 7) is 0. The molecule has 0 radical (unpaired) electrons. The number of amides is 1. The molecule has 17 heavy (non-hydrogen) atoms. The Hall–Kier alpha value is -0.690. The molecule has 0 spiro atoms. The Morgan fingerprint density at radius 1 is 1.35 bits per heavy atom. The van der Waals surface area contributed by atoms with Crippen LogP contribution in [0.2, 0.25) is 0 Å². The summed E-state index contributed by atoms with van der Waals surface area (Å²) < 4.78 is 0. The monoisotopic (exact) mass is 252 g/mol. The maximum atomic E-state index is 12.3. The lowest BCUT2D eigenvalue weighted by molar-refractivity contribution is -0.128. The summed E-state index contributed by atoms with van der Waals surface area (Å²) in [5.41, 5.74) is -0.717. The van der Waals surface area contributed by atoms with E-state index in [-0.39, 0.29) is 11.9 Å². The third-order valence-corrected chi connectivity index (χ3v) is 5.35. The normalized spacial score (nSPS) is 31.1. The Bertz CT molecular complexity index is 331. The van der Waals surface area contributed by atoms with Crippen molar-refractivity contribution in [2.45, 2.75) is 56.2 Å². The Morgan fingerprint density at radius 2 is 2.06 bits per heavy atom. The zero-order chi connectivity index (χ0) is 12.3. The highest BCUT2D eigenvalue weighted by Gasteiger charge is 2.43. The van der Waals surface area contributed by atoms with E-state index >= 15 is 0 Å². The number of nitrogens with zero attached hydrogens (tertiary/aromatic N) is 1. The van der Waals surface area contributed by atoms with Crippen molar-refractivity contribution in [2.24, 2.45) is 5.41 Å². The van der Waals surface area contributed by atoms with Crippen molar-refractivity contribution in [1.82, 2.24) is 5.32 Å². The van der Waals surface area contributed by atoms with Crippen molar-refractivity contribution in [3.8, 4) is 6.07 Å². The smallest absolute Gasteiger partial charge is 0.240 e. The first-order valence-electron chi connectivity index (χ1n) is 6.47. The summed E-state index contributed by atoms with van der Waals surface area (Å²) in [4.78, 5) is 12.3. The molecule has 0 aromatic carbocycles. The van der Waals surface area contributed by atoms with E-state index < -0.39 is 5.41 Å². The van der Waals surface area contributed by atoms with Crippen molar-refractivity contribution in [3.05, 3.63) is 0 Å². The minimum atomic E-state index is -0.717. The van der Waals surface area contributed by atoms with Crippen molar-refractivity contribution < 1.29 is 4.79 Å². The van der Waals surface area contributed by atoms with Gasteiger partial charge in [-0.05, 0) is 31.9 Å². The van der Waals surface area contributed by atoms with E-state index in [2.05, 4.69) is 17.6 Å². The Balaban J connectivity index is 1.99. The number of carbonyl (C=O) groups excluding carboxylic acids is 1. The second-order valence-electron chi connectivity index (χ2n) is 5.19. The molecule has 2 rings (SSSR count). The second-order valence-corrected chi connectivity index (χ2v) is 6.26. The molecule has 2 saturated carbocycles. The Kier molecular flexibility index (Phi) is 3.98. The van der Waals surface area contributed by atoms with E-state index in [9.17, 15) is 10.1 Å².